The summed E-state index contributed by atoms with van der Waals surface area (Å²) in [5.41, 5.74) is 1.13. The van der Waals surface area contributed by atoms with Crippen LogP contribution in [0, 0.1) is 5.92 Å². The molecule has 5 amide bonds. The van der Waals surface area contributed by atoms with E-state index in [4.69, 9.17) is 0 Å². The normalized spacial score (nSPS) is 22.0. The number of aromatic nitrogens is 1. The number of rotatable bonds is 4. The van der Waals surface area contributed by atoms with Gasteiger partial charge in [-0.3, -0.25) is 29.0 Å². The fourth-order valence-electron chi connectivity index (χ4n) is 4.51. The van der Waals surface area contributed by atoms with Gasteiger partial charge in [-0.2, -0.15) is 0 Å². The zero-order valence-electron chi connectivity index (χ0n) is 23.9. The SMILES string of the molecule is CC(C)[C@H]1NC(=O)[C@@H](C)NC(=O)[C@H](Cc2ccccc2)NC(=O)CCCN(C(=O)c2ccccn2)CCCNC1=O. The van der Waals surface area contributed by atoms with Crippen LogP contribution in [0.25, 0.3) is 0 Å². The standard InChI is InChI=1S/C30H40N6O5/c1-20(2)26-29(40)32-16-10-18-36(30(41)23-13-7-8-15-31-23)17-9-14-25(37)34-24(19-22-11-5-4-6-12-22)28(39)33-21(3)27(38)35-26/h4-8,11-13,15,20-21,24,26H,9-10,14,16-19H2,1-3H3,(H,32,40)(H,33,39)(H,34,37)(H,35,38)/t21-,24+,26-/m1/s1. The lowest BCUT2D eigenvalue weighted by Crippen LogP contribution is -2.57. The number of pyridine rings is 1. The largest absolute Gasteiger partial charge is 0.354 e. The van der Waals surface area contributed by atoms with Crippen molar-refractivity contribution < 1.29 is 24.0 Å². The Kier molecular flexibility index (Phi) is 11.8. The first-order chi connectivity index (χ1) is 19.7. The van der Waals surface area contributed by atoms with Crippen molar-refractivity contribution in [1.82, 2.24) is 31.2 Å². The third kappa shape index (κ3) is 9.70. The highest BCUT2D eigenvalue weighted by Crippen LogP contribution is 2.09. The summed E-state index contributed by atoms with van der Waals surface area (Å²) in [6.07, 6.45) is 2.70. The molecule has 0 saturated carbocycles. The molecule has 11 nitrogen and oxygen atoms in total. The summed E-state index contributed by atoms with van der Waals surface area (Å²) in [6, 6.07) is 11.7. The van der Waals surface area contributed by atoms with Crippen molar-refractivity contribution in [3.05, 3.63) is 66.0 Å². The van der Waals surface area contributed by atoms with Crippen LogP contribution in [0.1, 0.15) is 56.1 Å². The van der Waals surface area contributed by atoms with Crippen LogP contribution in [0.5, 0.6) is 0 Å². The van der Waals surface area contributed by atoms with Crippen LogP contribution in [-0.2, 0) is 25.6 Å². The molecule has 0 radical (unpaired) electrons. The van der Waals surface area contributed by atoms with Crippen molar-refractivity contribution in [2.75, 3.05) is 19.6 Å². The minimum atomic E-state index is -0.934. The summed E-state index contributed by atoms with van der Waals surface area (Å²) in [5.74, 6) is -2.18. The monoisotopic (exact) mass is 564 g/mol. The van der Waals surface area contributed by atoms with Gasteiger partial charge in [0.1, 0.15) is 23.8 Å². The molecular formula is C30H40N6O5. The Hall–Kier alpha value is -4.28. The van der Waals surface area contributed by atoms with Gasteiger partial charge in [-0.15, -0.1) is 0 Å². The van der Waals surface area contributed by atoms with E-state index in [0.29, 0.717) is 31.6 Å². The van der Waals surface area contributed by atoms with Crippen molar-refractivity contribution in [3.8, 4) is 0 Å². The molecule has 0 spiro atoms. The molecule has 1 aliphatic heterocycles. The fourth-order valence-corrected chi connectivity index (χ4v) is 4.51. The van der Waals surface area contributed by atoms with E-state index in [1.165, 1.54) is 6.92 Å². The van der Waals surface area contributed by atoms with Crippen LogP contribution in [0.15, 0.2) is 54.7 Å². The minimum absolute atomic E-state index is 0.0907. The lowest BCUT2D eigenvalue weighted by Gasteiger charge is -2.26. The molecule has 1 saturated heterocycles. The van der Waals surface area contributed by atoms with Crippen molar-refractivity contribution >= 4 is 29.5 Å². The van der Waals surface area contributed by atoms with Crippen LogP contribution >= 0.6 is 0 Å². The number of nitrogens with one attached hydrogen (secondary N) is 4. The van der Waals surface area contributed by atoms with Crippen LogP contribution < -0.4 is 21.3 Å². The number of carbonyl (C=O) groups is 5. The van der Waals surface area contributed by atoms with Crippen LogP contribution in [0.4, 0.5) is 0 Å². The molecule has 3 atom stereocenters. The van der Waals surface area contributed by atoms with Gasteiger partial charge in [0, 0.05) is 38.7 Å². The fraction of sp³-hybridized carbons (Fsp3) is 0.467. The van der Waals surface area contributed by atoms with Crippen molar-refractivity contribution in [2.24, 2.45) is 5.92 Å². The molecule has 0 unspecified atom stereocenters. The molecule has 1 aliphatic rings. The summed E-state index contributed by atoms with van der Waals surface area (Å²) in [4.78, 5) is 71.0. The van der Waals surface area contributed by atoms with Crippen LogP contribution in [-0.4, -0.2) is 77.2 Å². The Morgan fingerprint density at radius 1 is 0.902 bits per heavy atom. The number of hydrogen-bond acceptors (Lipinski definition) is 6. The third-order valence-electron chi connectivity index (χ3n) is 6.84. The molecule has 2 heterocycles. The summed E-state index contributed by atoms with van der Waals surface area (Å²) < 4.78 is 0. The van der Waals surface area contributed by atoms with Crippen molar-refractivity contribution in [1.29, 1.82) is 0 Å². The van der Waals surface area contributed by atoms with Gasteiger partial charge in [0.05, 0.1) is 0 Å². The summed E-state index contributed by atoms with van der Waals surface area (Å²) in [6.45, 7) is 6.10. The van der Waals surface area contributed by atoms with E-state index >= 15 is 0 Å². The zero-order chi connectivity index (χ0) is 29.8. The quantitative estimate of drug-likeness (QED) is 0.438. The highest BCUT2D eigenvalue weighted by Gasteiger charge is 2.29. The predicted octanol–water partition coefficient (Wildman–Crippen LogP) is 1.20. The average molecular weight is 565 g/mol. The lowest BCUT2D eigenvalue weighted by molar-refractivity contribution is -0.134. The number of nitrogens with zero attached hydrogens (tertiary/aromatic N) is 2. The topological polar surface area (TPSA) is 150 Å². The summed E-state index contributed by atoms with van der Waals surface area (Å²) >= 11 is 0. The Bertz CT molecular complexity index is 1190. The Labute approximate surface area is 240 Å². The van der Waals surface area contributed by atoms with Gasteiger partial charge in [-0.05, 0) is 43.4 Å². The van der Waals surface area contributed by atoms with Gasteiger partial charge in [-0.1, -0.05) is 50.2 Å². The first-order valence-electron chi connectivity index (χ1n) is 14.1. The molecule has 4 N–H and O–H groups in total. The maximum absolute atomic E-state index is 13.2. The zero-order valence-corrected chi connectivity index (χ0v) is 23.9. The molecule has 3 rings (SSSR count). The number of hydrogen-bond donors (Lipinski definition) is 4. The number of carbonyl (C=O) groups excluding carboxylic acids is 5. The number of amides is 5. The van der Waals surface area contributed by atoms with Gasteiger partial charge in [0.2, 0.25) is 23.6 Å². The second kappa shape index (κ2) is 15.5. The van der Waals surface area contributed by atoms with Crippen molar-refractivity contribution in [2.45, 2.75) is 64.6 Å². The van der Waals surface area contributed by atoms with Gasteiger partial charge in [0.25, 0.3) is 5.91 Å². The summed E-state index contributed by atoms with van der Waals surface area (Å²) in [7, 11) is 0. The van der Waals surface area contributed by atoms with Gasteiger partial charge in [0.15, 0.2) is 0 Å². The van der Waals surface area contributed by atoms with E-state index in [0.717, 1.165) is 5.56 Å². The van der Waals surface area contributed by atoms with E-state index in [1.807, 2.05) is 44.2 Å². The van der Waals surface area contributed by atoms with Crippen LogP contribution in [0.2, 0.25) is 0 Å². The van der Waals surface area contributed by atoms with E-state index < -0.39 is 29.9 Å². The van der Waals surface area contributed by atoms with E-state index in [2.05, 4.69) is 26.3 Å². The average Bonchev–Trinajstić information content (AvgIpc) is 2.96. The molecular weight excluding hydrogens is 524 g/mol. The first-order valence-corrected chi connectivity index (χ1v) is 14.1. The second-order valence-corrected chi connectivity index (χ2v) is 10.5. The number of benzene rings is 1. The summed E-state index contributed by atoms with van der Waals surface area (Å²) in [5, 5.41) is 11.1. The molecule has 0 bridgehead atoms. The van der Waals surface area contributed by atoms with E-state index in [1.54, 1.807) is 29.3 Å². The maximum atomic E-state index is 13.2. The maximum Gasteiger partial charge on any atom is 0.272 e. The van der Waals surface area contributed by atoms with Gasteiger partial charge in [-0.25, -0.2) is 0 Å². The highest BCUT2D eigenvalue weighted by molar-refractivity contribution is 5.94. The van der Waals surface area contributed by atoms with Crippen LogP contribution in [0.3, 0.4) is 0 Å². The first kappa shape index (κ1) is 31.3. The molecule has 2 aromatic rings. The molecule has 0 aliphatic carbocycles. The van der Waals surface area contributed by atoms with Crippen molar-refractivity contribution in [3.63, 3.8) is 0 Å². The molecule has 1 aromatic carbocycles. The Balaban J connectivity index is 1.81. The van der Waals surface area contributed by atoms with E-state index in [9.17, 15) is 24.0 Å². The Morgan fingerprint density at radius 2 is 1.61 bits per heavy atom. The molecule has 11 heteroatoms. The van der Waals surface area contributed by atoms with Gasteiger partial charge < -0.3 is 26.2 Å². The minimum Gasteiger partial charge on any atom is -0.354 e. The molecule has 1 aromatic heterocycles. The lowest BCUT2D eigenvalue weighted by atomic mass is 10.0. The molecule has 41 heavy (non-hydrogen) atoms. The second-order valence-electron chi connectivity index (χ2n) is 10.5. The molecule has 220 valence electrons. The van der Waals surface area contributed by atoms with E-state index in [-0.39, 0.29) is 43.0 Å². The van der Waals surface area contributed by atoms with Gasteiger partial charge >= 0.3 is 0 Å². The predicted molar refractivity (Wildman–Crippen MR) is 153 cm³/mol. The molecule has 1 fully saturated rings. The smallest absolute Gasteiger partial charge is 0.272 e. The highest BCUT2D eigenvalue weighted by atomic mass is 16.2. The third-order valence-corrected chi connectivity index (χ3v) is 6.84. The Morgan fingerprint density at radius 3 is 2.29 bits per heavy atom.